The van der Waals surface area contributed by atoms with Gasteiger partial charge in [0.25, 0.3) is 5.91 Å². The molecule has 25 heavy (non-hydrogen) atoms. The first kappa shape index (κ1) is 16.7. The topological polar surface area (TPSA) is 65.2 Å². The number of carbonyl (C=O) groups excluding carboxylic acids is 1. The van der Waals surface area contributed by atoms with Crippen molar-refractivity contribution in [2.45, 2.75) is 13.3 Å². The fraction of sp³-hybridized carbons (Fsp3) is 0.235. The van der Waals surface area contributed by atoms with Crippen LogP contribution in [-0.2, 0) is 20.3 Å². The minimum atomic E-state index is -0.323. The molecule has 3 rings (SSSR count). The summed E-state index contributed by atoms with van der Waals surface area (Å²) in [5.74, 6) is 0.00983. The van der Waals surface area contributed by atoms with Gasteiger partial charge in [0.2, 0.25) is 0 Å². The van der Waals surface area contributed by atoms with E-state index in [0.29, 0.717) is 18.0 Å². The highest BCUT2D eigenvalue weighted by Crippen LogP contribution is 2.12. The van der Waals surface area contributed by atoms with Crippen LogP contribution in [0.2, 0.25) is 0 Å². The molecule has 0 bridgehead atoms. The van der Waals surface area contributed by atoms with Gasteiger partial charge in [-0.2, -0.15) is 10.2 Å². The average Bonchev–Trinajstić information content (AvgIpc) is 3.23. The SMILES string of the molecule is CN(Cc1ccnn1C)C(=O)c1ccn(COc2ccc(F)cc2)n1. The summed E-state index contributed by atoms with van der Waals surface area (Å²) in [6.45, 7) is 0.568. The fourth-order valence-electron chi connectivity index (χ4n) is 2.29. The van der Waals surface area contributed by atoms with Gasteiger partial charge in [0.05, 0.1) is 12.2 Å². The number of rotatable bonds is 6. The van der Waals surface area contributed by atoms with E-state index in [4.69, 9.17) is 4.74 Å². The molecule has 130 valence electrons. The molecule has 0 unspecified atom stereocenters. The number of hydrogen-bond acceptors (Lipinski definition) is 4. The van der Waals surface area contributed by atoms with Gasteiger partial charge in [-0.3, -0.25) is 9.48 Å². The Morgan fingerprint density at radius 1 is 1.24 bits per heavy atom. The second kappa shape index (κ2) is 7.16. The van der Waals surface area contributed by atoms with Gasteiger partial charge < -0.3 is 9.64 Å². The zero-order chi connectivity index (χ0) is 17.8. The first-order valence-electron chi connectivity index (χ1n) is 7.67. The van der Waals surface area contributed by atoms with E-state index in [9.17, 15) is 9.18 Å². The van der Waals surface area contributed by atoms with Crippen molar-refractivity contribution in [2.75, 3.05) is 7.05 Å². The summed E-state index contributed by atoms with van der Waals surface area (Å²) in [7, 11) is 3.54. The molecule has 0 aliphatic heterocycles. The molecule has 0 atom stereocenters. The highest BCUT2D eigenvalue weighted by Gasteiger charge is 2.16. The second-order valence-electron chi connectivity index (χ2n) is 5.58. The third-order valence-electron chi connectivity index (χ3n) is 3.71. The normalized spacial score (nSPS) is 10.7. The summed E-state index contributed by atoms with van der Waals surface area (Å²) in [4.78, 5) is 14.0. The molecule has 0 radical (unpaired) electrons. The zero-order valence-corrected chi connectivity index (χ0v) is 14.0. The Hall–Kier alpha value is -3.16. The molecule has 0 saturated heterocycles. The molecule has 0 spiro atoms. The number of aryl methyl sites for hydroxylation is 1. The average molecular weight is 343 g/mol. The Labute approximate surface area is 144 Å². The van der Waals surface area contributed by atoms with E-state index in [-0.39, 0.29) is 18.5 Å². The quantitative estimate of drug-likeness (QED) is 0.687. The molecular formula is C17H18FN5O2. The van der Waals surface area contributed by atoms with Crippen LogP contribution in [0.15, 0.2) is 48.8 Å². The predicted molar refractivity (Wildman–Crippen MR) is 88.3 cm³/mol. The van der Waals surface area contributed by atoms with Crippen molar-refractivity contribution in [2.24, 2.45) is 7.05 Å². The van der Waals surface area contributed by atoms with Gasteiger partial charge in [0, 0.05) is 26.5 Å². The summed E-state index contributed by atoms with van der Waals surface area (Å²) in [6.07, 6.45) is 3.35. The molecule has 2 aromatic heterocycles. The Balaban J connectivity index is 1.59. The highest BCUT2D eigenvalue weighted by molar-refractivity contribution is 5.91. The molecule has 7 nitrogen and oxygen atoms in total. The zero-order valence-electron chi connectivity index (χ0n) is 14.0. The van der Waals surface area contributed by atoms with E-state index in [0.717, 1.165) is 5.69 Å². The number of benzene rings is 1. The van der Waals surface area contributed by atoms with Crippen molar-refractivity contribution in [1.82, 2.24) is 24.5 Å². The third kappa shape index (κ3) is 4.03. The van der Waals surface area contributed by atoms with Crippen LogP contribution in [0, 0.1) is 5.82 Å². The Bertz CT molecular complexity index is 856. The molecule has 2 heterocycles. The Kier molecular flexibility index (Phi) is 4.78. The maximum absolute atomic E-state index is 12.9. The van der Waals surface area contributed by atoms with Gasteiger partial charge in [0.1, 0.15) is 11.6 Å². The number of amides is 1. The molecule has 0 aliphatic rings. The van der Waals surface area contributed by atoms with E-state index in [1.807, 2.05) is 13.1 Å². The van der Waals surface area contributed by atoms with E-state index >= 15 is 0 Å². The highest BCUT2D eigenvalue weighted by atomic mass is 19.1. The van der Waals surface area contributed by atoms with Crippen LogP contribution in [0.3, 0.4) is 0 Å². The minimum Gasteiger partial charge on any atom is -0.471 e. The van der Waals surface area contributed by atoms with Gasteiger partial charge >= 0.3 is 0 Å². The van der Waals surface area contributed by atoms with Gasteiger partial charge in [-0.1, -0.05) is 0 Å². The summed E-state index contributed by atoms with van der Waals surface area (Å²) < 4.78 is 21.6. The summed E-state index contributed by atoms with van der Waals surface area (Å²) >= 11 is 0. The lowest BCUT2D eigenvalue weighted by molar-refractivity contribution is 0.0774. The van der Waals surface area contributed by atoms with Crippen molar-refractivity contribution in [3.8, 4) is 5.75 Å². The Morgan fingerprint density at radius 3 is 2.68 bits per heavy atom. The van der Waals surface area contributed by atoms with Crippen molar-refractivity contribution in [1.29, 1.82) is 0 Å². The molecule has 3 aromatic rings. The number of carbonyl (C=O) groups is 1. The molecule has 0 saturated carbocycles. The number of ether oxygens (including phenoxy) is 1. The van der Waals surface area contributed by atoms with Crippen LogP contribution in [0.25, 0.3) is 0 Å². The maximum Gasteiger partial charge on any atom is 0.274 e. The lowest BCUT2D eigenvalue weighted by Gasteiger charge is -2.15. The van der Waals surface area contributed by atoms with Gasteiger partial charge in [0.15, 0.2) is 12.4 Å². The first-order chi connectivity index (χ1) is 12.0. The monoisotopic (exact) mass is 343 g/mol. The molecule has 0 N–H and O–H groups in total. The molecule has 0 aliphatic carbocycles. The molecule has 8 heteroatoms. The summed E-state index contributed by atoms with van der Waals surface area (Å²) in [5.41, 5.74) is 1.25. The predicted octanol–water partition coefficient (Wildman–Crippen LogP) is 2.06. The largest absolute Gasteiger partial charge is 0.471 e. The van der Waals surface area contributed by atoms with Crippen LogP contribution in [0.5, 0.6) is 5.75 Å². The van der Waals surface area contributed by atoms with E-state index < -0.39 is 0 Å². The number of nitrogens with zero attached hydrogens (tertiary/aromatic N) is 5. The van der Waals surface area contributed by atoms with E-state index in [1.54, 1.807) is 35.1 Å². The maximum atomic E-state index is 12.9. The van der Waals surface area contributed by atoms with Crippen molar-refractivity contribution in [3.05, 3.63) is 66.0 Å². The van der Waals surface area contributed by atoms with Crippen molar-refractivity contribution >= 4 is 5.91 Å². The summed E-state index contributed by atoms with van der Waals surface area (Å²) in [6, 6.07) is 9.20. The fourth-order valence-corrected chi connectivity index (χ4v) is 2.29. The van der Waals surface area contributed by atoms with Gasteiger partial charge in [-0.25, -0.2) is 9.07 Å². The van der Waals surface area contributed by atoms with Crippen LogP contribution in [-0.4, -0.2) is 37.4 Å². The number of aromatic nitrogens is 4. The van der Waals surface area contributed by atoms with Crippen LogP contribution >= 0.6 is 0 Å². The standard InChI is InChI=1S/C17H18FN5O2/c1-21(11-14-7-9-19-22(14)2)17(24)16-8-10-23(20-16)12-25-15-5-3-13(18)4-6-15/h3-10H,11-12H2,1-2H3. The van der Waals surface area contributed by atoms with Gasteiger partial charge in [-0.05, 0) is 36.4 Å². The van der Waals surface area contributed by atoms with Crippen LogP contribution in [0.4, 0.5) is 4.39 Å². The van der Waals surface area contributed by atoms with Crippen LogP contribution in [0.1, 0.15) is 16.2 Å². The summed E-state index contributed by atoms with van der Waals surface area (Å²) in [5, 5.41) is 8.30. The minimum absolute atomic E-state index is 0.129. The smallest absolute Gasteiger partial charge is 0.274 e. The lowest BCUT2D eigenvalue weighted by Crippen LogP contribution is -2.27. The first-order valence-corrected chi connectivity index (χ1v) is 7.67. The molecule has 0 fully saturated rings. The molecule has 1 aromatic carbocycles. The molecular weight excluding hydrogens is 325 g/mol. The molecule has 1 amide bonds. The van der Waals surface area contributed by atoms with E-state index in [1.165, 1.54) is 28.9 Å². The number of halogens is 1. The number of hydrogen-bond donors (Lipinski definition) is 0. The lowest BCUT2D eigenvalue weighted by atomic mass is 10.3. The Morgan fingerprint density at radius 2 is 2.00 bits per heavy atom. The van der Waals surface area contributed by atoms with Crippen LogP contribution < -0.4 is 4.74 Å². The van der Waals surface area contributed by atoms with Crippen molar-refractivity contribution in [3.63, 3.8) is 0 Å². The van der Waals surface area contributed by atoms with Gasteiger partial charge in [-0.15, -0.1) is 0 Å². The third-order valence-corrected chi connectivity index (χ3v) is 3.71. The second-order valence-corrected chi connectivity index (χ2v) is 5.58. The van der Waals surface area contributed by atoms with E-state index in [2.05, 4.69) is 10.2 Å². The van der Waals surface area contributed by atoms with Crippen molar-refractivity contribution < 1.29 is 13.9 Å².